The molecule has 2 fully saturated rings. The van der Waals surface area contributed by atoms with E-state index < -0.39 is 0 Å². The number of hydrogen-bond donors (Lipinski definition) is 1. The van der Waals surface area contributed by atoms with Crippen LogP contribution < -0.4 is 5.32 Å². The molecule has 1 atom stereocenters. The number of benzene rings is 1. The molecule has 1 aromatic rings. The number of esters is 1. The summed E-state index contributed by atoms with van der Waals surface area (Å²) in [5.74, 6) is -0.213. The molecule has 3 rings (SSSR count). The molecule has 0 aromatic heterocycles. The van der Waals surface area contributed by atoms with Crippen LogP contribution in [-0.4, -0.2) is 73.5 Å². The number of nitrogens with one attached hydrogen (secondary N) is 1. The number of hydrogen-bond acceptors (Lipinski definition) is 5. The third kappa shape index (κ3) is 5.86. The lowest BCUT2D eigenvalue weighted by Gasteiger charge is -2.35. The van der Waals surface area contributed by atoms with E-state index in [1.165, 1.54) is 13.2 Å². The highest BCUT2D eigenvalue weighted by Gasteiger charge is 2.33. The van der Waals surface area contributed by atoms with Crippen LogP contribution in [0.3, 0.4) is 0 Å². The molecule has 2 amide bonds. The van der Waals surface area contributed by atoms with Gasteiger partial charge in [0.2, 0.25) is 5.91 Å². The predicted molar refractivity (Wildman–Crippen MR) is 115 cm³/mol. The SMILES string of the molecule is COC(=O)CC1CCN(C2CCN(C(=O)CNC(=O)c3ccc(Cl)c(Cl)c3)C2)CC1. The Morgan fingerprint density at radius 3 is 2.50 bits per heavy atom. The van der Waals surface area contributed by atoms with E-state index in [1.54, 1.807) is 17.0 Å². The molecular formula is C21H27Cl2N3O4. The van der Waals surface area contributed by atoms with Crippen molar-refractivity contribution in [1.29, 1.82) is 0 Å². The Morgan fingerprint density at radius 2 is 1.83 bits per heavy atom. The summed E-state index contributed by atoms with van der Waals surface area (Å²) in [6.07, 6.45) is 3.35. The molecule has 9 heteroatoms. The minimum Gasteiger partial charge on any atom is -0.469 e. The first kappa shape index (κ1) is 22.8. The maximum atomic E-state index is 12.5. The van der Waals surface area contributed by atoms with Gasteiger partial charge in [-0.25, -0.2) is 0 Å². The highest BCUT2D eigenvalue weighted by Crippen LogP contribution is 2.26. The van der Waals surface area contributed by atoms with E-state index in [2.05, 4.69) is 10.2 Å². The van der Waals surface area contributed by atoms with Crippen LogP contribution >= 0.6 is 23.2 Å². The molecule has 2 saturated heterocycles. The summed E-state index contributed by atoms with van der Waals surface area (Å²) in [5, 5.41) is 3.33. The van der Waals surface area contributed by atoms with E-state index in [1.807, 2.05) is 0 Å². The van der Waals surface area contributed by atoms with Crippen molar-refractivity contribution in [3.63, 3.8) is 0 Å². The van der Waals surface area contributed by atoms with Gasteiger partial charge in [0.05, 0.1) is 23.7 Å². The smallest absolute Gasteiger partial charge is 0.305 e. The van der Waals surface area contributed by atoms with Crippen LogP contribution in [0.25, 0.3) is 0 Å². The van der Waals surface area contributed by atoms with Crippen LogP contribution in [0.1, 0.15) is 36.0 Å². The van der Waals surface area contributed by atoms with Gasteiger partial charge in [-0.1, -0.05) is 23.2 Å². The number of piperidine rings is 1. The molecule has 2 aliphatic heterocycles. The van der Waals surface area contributed by atoms with Crippen molar-refractivity contribution in [2.75, 3.05) is 39.8 Å². The lowest BCUT2D eigenvalue weighted by molar-refractivity contribution is -0.142. The van der Waals surface area contributed by atoms with Gasteiger partial charge in [0.25, 0.3) is 5.91 Å². The Bertz CT molecular complexity index is 796. The maximum absolute atomic E-state index is 12.5. The largest absolute Gasteiger partial charge is 0.469 e. The molecule has 1 unspecified atom stereocenters. The van der Waals surface area contributed by atoms with Gasteiger partial charge in [0.1, 0.15) is 0 Å². The van der Waals surface area contributed by atoms with Crippen LogP contribution in [-0.2, 0) is 14.3 Å². The Kier molecular flexibility index (Phi) is 7.97. The molecule has 2 aliphatic rings. The molecule has 1 aromatic carbocycles. The van der Waals surface area contributed by atoms with Crippen LogP contribution in [0.15, 0.2) is 18.2 Å². The first-order valence-corrected chi connectivity index (χ1v) is 10.9. The number of likely N-dealkylation sites (tertiary alicyclic amines) is 2. The van der Waals surface area contributed by atoms with E-state index in [0.717, 1.165) is 32.4 Å². The Morgan fingerprint density at radius 1 is 1.10 bits per heavy atom. The molecule has 0 spiro atoms. The first-order valence-electron chi connectivity index (χ1n) is 10.2. The molecule has 7 nitrogen and oxygen atoms in total. The number of halogens is 2. The molecule has 2 heterocycles. The van der Waals surface area contributed by atoms with Crippen LogP contribution in [0.2, 0.25) is 10.0 Å². The van der Waals surface area contributed by atoms with Gasteiger partial charge in [-0.15, -0.1) is 0 Å². The highest BCUT2D eigenvalue weighted by molar-refractivity contribution is 6.42. The van der Waals surface area contributed by atoms with E-state index in [4.69, 9.17) is 27.9 Å². The van der Waals surface area contributed by atoms with Gasteiger partial charge in [-0.05, 0) is 56.5 Å². The molecule has 0 radical (unpaired) electrons. The zero-order valence-corrected chi connectivity index (χ0v) is 18.5. The molecule has 164 valence electrons. The monoisotopic (exact) mass is 455 g/mol. The fourth-order valence-corrected chi connectivity index (χ4v) is 4.41. The lowest BCUT2D eigenvalue weighted by atomic mass is 9.92. The third-order valence-electron chi connectivity index (χ3n) is 5.95. The van der Waals surface area contributed by atoms with Gasteiger partial charge < -0.3 is 15.0 Å². The standard InChI is InChI=1S/C21H27Cl2N3O4/c1-30-20(28)10-14-4-7-25(8-5-14)16-6-9-26(13-16)19(27)12-24-21(29)15-2-3-17(22)18(23)11-15/h2-3,11,14,16H,4-10,12-13H2,1H3,(H,24,29). The van der Waals surface area contributed by atoms with Crippen molar-refractivity contribution in [3.8, 4) is 0 Å². The minimum atomic E-state index is -0.356. The Hall–Kier alpha value is -1.83. The second-order valence-corrected chi connectivity index (χ2v) is 8.67. The number of amides is 2. The molecular weight excluding hydrogens is 429 g/mol. The fourth-order valence-electron chi connectivity index (χ4n) is 4.11. The minimum absolute atomic E-state index is 0.0486. The Balaban J connectivity index is 1.42. The third-order valence-corrected chi connectivity index (χ3v) is 6.69. The quantitative estimate of drug-likeness (QED) is 0.666. The van der Waals surface area contributed by atoms with Crippen molar-refractivity contribution in [1.82, 2.24) is 15.1 Å². The van der Waals surface area contributed by atoms with Crippen molar-refractivity contribution in [2.24, 2.45) is 5.92 Å². The van der Waals surface area contributed by atoms with Crippen molar-refractivity contribution >= 4 is 41.0 Å². The van der Waals surface area contributed by atoms with Gasteiger partial charge in [0, 0.05) is 31.1 Å². The molecule has 0 bridgehead atoms. The van der Waals surface area contributed by atoms with Gasteiger partial charge in [-0.2, -0.15) is 0 Å². The number of nitrogens with zero attached hydrogens (tertiary/aromatic N) is 2. The molecule has 30 heavy (non-hydrogen) atoms. The number of carbonyl (C=O) groups excluding carboxylic acids is 3. The molecule has 1 N–H and O–H groups in total. The maximum Gasteiger partial charge on any atom is 0.305 e. The second kappa shape index (κ2) is 10.5. The first-order chi connectivity index (χ1) is 14.4. The van der Waals surface area contributed by atoms with Crippen LogP contribution in [0.5, 0.6) is 0 Å². The van der Waals surface area contributed by atoms with Gasteiger partial charge in [0.15, 0.2) is 0 Å². The summed E-state index contributed by atoms with van der Waals surface area (Å²) in [6.45, 7) is 3.18. The summed E-state index contributed by atoms with van der Waals surface area (Å²) in [6, 6.07) is 4.95. The highest BCUT2D eigenvalue weighted by atomic mass is 35.5. The summed E-state index contributed by atoms with van der Waals surface area (Å²) < 4.78 is 4.76. The average Bonchev–Trinajstić information content (AvgIpc) is 3.24. The zero-order chi connectivity index (χ0) is 21.7. The Labute approximate surface area is 186 Å². The van der Waals surface area contributed by atoms with E-state index >= 15 is 0 Å². The average molecular weight is 456 g/mol. The van der Waals surface area contributed by atoms with Gasteiger partial charge >= 0.3 is 5.97 Å². The number of carbonyl (C=O) groups is 3. The predicted octanol–water partition coefficient (Wildman–Crippen LogP) is 2.60. The number of methoxy groups -OCH3 is 1. The summed E-state index contributed by atoms with van der Waals surface area (Å²) in [5.41, 5.74) is 0.367. The number of ether oxygens (including phenoxy) is 1. The topological polar surface area (TPSA) is 79.0 Å². The second-order valence-electron chi connectivity index (χ2n) is 7.85. The number of rotatable bonds is 6. The fraction of sp³-hybridized carbons (Fsp3) is 0.571. The zero-order valence-electron chi connectivity index (χ0n) is 17.0. The summed E-state index contributed by atoms with van der Waals surface area (Å²) >= 11 is 11.8. The molecule has 0 saturated carbocycles. The lowest BCUT2D eigenvalue weighted by Crippen LogP contribution is -2.45. The van der Waals surface area contributed by atoms with E-state index in [-0.39, 0.29) is 24.3 Å². The van der Waals surface area contributed by atoms with Gasteiger partial charge in [-0.3, -0.25) is 19.3 Å². The summed E-state index contributed by atoms with van der Waals surface area (Å²) in [4.78, 5) is 40.4. The van der Waals surface area contributed by atoms with Crippen molar-refractivity contribution in [3.05, 3.63) is 33.8 Å². The van der Waals surface area contributed by atoms with Crippen molar-refractivity contribution in [2.45, 2.75) is 31.7 Å². The van der Waals surface area contributed by atoms with Crippen molar-refractivity contribution < 1.29 is 19.1 Å². The van der Waals surface area contributed by atoms with E-state index in [9.17, 15) is 14.4 Å². The normalized spacial score (nSPS) is 20.2. The van der Waals surface area contributed by atoms with Crippen LogP contribution in [0.4, 0.5) is 0 Å². The summed E-state index contributed by atoms with van der Waals surface area (Å²) in [7, 11) is 1.43. The van der Waals surface area contributed by atoms with E-state index in [0.29, 0.717) is 47.1 Å². The van der Waals surface area contributed by atoms with Crippen LogP contribution in [0, 0.1) is 5.92 Å². The molecule has 0 aliphatic carbocycles.